The highest BCUT2D eigenvalue weighted by atomic mass is 35.5. The first-order valence-corrected chi connectivity index (χ1v) is 8.99. The van der Waals surface area contributed by atoms with E-state index in [1.165, 1.54) is 38.5 Å². The van der Waals surface area contributed by atoms with Gasteiger partial charge in [-0.05, 0) is 42.6 Å². The van der Waals surface area contributed by atoms with E-state index in [4.69, 9.17) is 27.9 Å². The van der Waals surface area contributed by atoms with Crippen molar-refractivity contribution in [3.8, 4) is 5.75 Å². The molecule has 1 aromatic rings. The van der Waals surface area contributed by atoms with Crippen molar-refractivity contribution in [3.63, 3.8) is 0 Å². The third kappa shape index (κ3) is 3.93. The number of anilines is 1. The number of ether oxygens (including phenoxy) is 1. The number of hydrogen-bond acceptors (Lipinski definition) is 4. The molecule has 1 aliphatic carbocycles. The fraction of sp³-hybridized carbons (Fsp3) is 0.588. The fourth-order valence-corrected chi connectivity index (χ4v) is 3.84. The lowest BCUT2D eigenvalue weighted by atomic mass is 10.1. The molecule has 1 aromatic carbocycles. The molecule has 6 heteroatoms. The molecule has 0 radical (unpaired) electrons. The highest BCUT2D eigenvalue weighted by Gasteiger charge is 2.27. The minimum atomic E-state index is 0.524. The lowest BCUT2D eigenvalue weighted by molar-refractivity contribution is 0.184. The third-order valence-electron chi connectivity index (χ3n) is 4.72. The molecule has 3 rings (SSSR count). The summed E-state index contributed by atoms with van der Waals surface area (Å²) in [6.45, 7) is 1.44. The van der Waals surface area contributed by atoms with Crippen molar-refractivity contribution in [1.82, 2.24) is 4.90 Å². The summed E-state index contributed by atoms with van der Waals surface area (Å²) in [5.74, 6) is 0.668. The third-order valence-corrected chi connectivity index (χ3v) is 5.34. The standard InChI is InChI=1S/C17H23Cl2N3O/c1-23-16-9-8-14(10-15(16)18)22-12-21(11-20-17(22)19)13-6-4-2-3-5-7-13/h8-10,13H,2-7,11-12H2,1H3. The van der Waals surface area contributed by atoms with E-state index in [0.29, 0.717) is 28.8 Å². The van der Waals surface area contributed by atoms with Crippen molar-refractivity contribution in [3.05, 3.63) is 23.2 Å². The molecule has 0 unspecified atom stereocenters. The predicted molar refractivity (Wildman–Crippen MR) is 96.8 cm³/mol. The normalized spacial score (nSPS) is 21.0. The Morgan fingerprint density at radius 3 is 2.52 bits per heavy atom. The van der Waals surface area contributed by atoms with E-state index in [2.05, 4.69) is 9.89 Å². The van der Waals surface area contributed by atoms with Crippen LogP contribution in [0.25, 0.3) is 0 Å². The summed E-state index contributed by atoms with van der Waals surface area (Å²) >= 11 is 12.6. The lowest BCUT2D eigenvalue weighted by Gasteiger charge is -2.38. The Morgan fingerprint density at radius 2 is 1.87 bits per heavy atom. The summed E-state index contributed by atoms with van der Waals surface area (Å²) in [6.07, 6.45) is 7.84. The maximum absolute atomic E-state index is 6.35. The summed E-state index contributed by atoms with van der Waals surface area (Å²) in [7, 11) is 1.62. The molecule has 0 bridgehead atoms. The molecular formula is C17H23Cl2N3O. The van der Waals surface area contributed by atoms with Crippen LogP contribution in [0.15, 0.2) is 23.2 Å². The predicted octanol–water partition coefficient (Wildman–Crippen LogP) is 4.70. The second kappa shape index (κ2) is 7.73. The zero-order valence-corrected chi connectivity index (χ0v) is 15.0. The van der Waals surface area contributed by atoms with Crippen LogP contribution in [0, 0.1) is 0 Å². The first kappa shape index (κ1) is 16.9. The van der Waals surface area contributed by atoms with Gasteiger partial charge in [0.05, 0.1) is 25.5 Å². The molecule has 1 heterocycles. The van der Waals surface area contributed by atoms with Gasteiger partial charge < -0.3 is 9.64 Å². The molecule has 2 aliphatic rings. The minimum Gasteiger partial charge on any atom is -0.495 e. The summed E-state index contributed by atoms with van der Waals surface area (Å²) in [4.78, 5) is 8.95. The van der Waals surface area contributed by atoms with Gasteiger partial charge in [-0.15, -0.1) is 0 Å². The Hall–Kier alpha value is -0.970. The maximum atomic E-state index is 6.35. The van der Waals surface area contributed by atoms with E-state index in [9.17, 15) is 0 Å². The summed E-state index contributed by atoms with van der Waals surface area (Å²) in [5, 5.41) is 1.11. The molecule has 0 N–H and O–H groups in total. The largest absolute Gasteiger partial charge is 0.495 e. The van der Waals surface area contributed by atoms with Crippen LogP contribution in [-0.4, -0.2) is 36.7 Å². The number of rotatable bonds is 3. The first-order chi connectivity index (χ1) is 11.2. The molecule has 126 valence electrons. The molecule has 0 atom stereocenters. The zero-order valence-electron chi connectivity index (χ0n) is 13.5. The zero-order chi connectivity index (χ0) is 16.2. The van der Waals surface area contributed by atoms with Crippen LogP contribution < -0.4 is 9.64 Å². The summed E-state index contributed by atoms with van der Waals surface area (Å²) < 4.78 is 5.22. The van der Waals surface area contributed by atoms with Gasteiger partial charge in [0.15, 0.2) is 0 Å². The van der Waals surface area contributed by atoms with Crippen LogP contribution in [-0.2, 0) is 0 Å². The van der Waals surface area contributed by atoms with Crippen LogP contribution >= 0.6 is 23.2 Å². The van der Waals surface area contributed by atoms with Gasteiger partial charge in [0.25, 0.3) is 0 Å². The molecule has 23 heavy (non-hydrogen) atoms. The van der Waals surface area contributed by atoms with Gasteiger partial charge in [-0.25, -0.2) is 4.99 Å². The molecule has 0 saturated heterocycles. The van der Waals surface area contributed by atoms with Gasteiger partial charge in [0.2, 0.25) is 5.29 Å². The number of amidine groups is 1. The van der Waals surface area contributed by atoms with Crippen LogP contribution in [0.3, 0.4) is 0 Å². The molecule has 4 nitrogen and oxygen atoms in total. The van der Waals surface area contributed by atoms with Crippen molar-refractivity contribution in [1.29, 1.82) is 0 Å². The van der Waals surface area contributed by atoms with Crippen LogP contribution in [0.1, 0.15) is 38.5 Å². The Kier molecular flexibility index (Phi) is 5.67. The Labute approximate surface area is 148 Å². The second-order valence-corrected chi connectivity index (χ2v) is 6.94. The fourth-order valence-electron chi connectivity index (χ4n) is 3.38. The Balaban J connectivity index is 1.77. The molecule has 1 aliphatic heterocycles. The van der Waals surface area contributed by atoms with Crippen LogP contribution in [0.5, 0.6) is 5.75 Å². The van der Waals surface area contributed by atoms with Gasteiger partial charge in [-0.1, -0.05) is 37.3 Å². The number of halogens is 2. The highest BCUT2D eigenvalue weighted by molar-refractivity contribution is 6.68. The van der Waals surface area contributed by atoms with Crippen LogP contribution in [0.2, 0.25) is 5.02 Å². The van der Waals surface area contributed by atoms with E-state index >= 15 is 0 Å². The number of methoxy groups -OCH3 is 1. The van der Waals surface area contributed by atoms with E-state index in [1.807, 2.05) is 23.1 Å². The number of benzene rings is 1. The number of aliphatic imine (C=N–C) groups is 1. The molecule has 0 amide bonds. The van der Waals surface area contributed by atoms with Gasteiger partial charge in [-0.3, -0.25) is 4.90 Å². The second-order valence-electron chi connectivity index (χ2n) is 6.19. The van der Waals surface area contributed by atoms with Crippen LogP contribution in [0.4, 0.5) is 5.69 Å². The Morgan fingerprint density at radius 1 is 1.13 bits per heavy atom. The van der Waals surface area contributed by atoms with Crippen molar-refractivity contribution >= 4 is 34.2 Å². The summed E-state index contributed by atoms with van der Waals surface area (Å²) in [5.41, 5.74) is 0.947. The quantitative estimate of drug-likeness (QED) is 0.580. The van der Waals surface area contributed by atoms with Gasteiger partial charge in [0.1, 0.15) is 5.75 Å². The average molecular weight is 356 g/mol. The molecule has 1 fully saturated rings. The van der Waals surface area contributed by atoms with E-state index < -0.39 is 0 Å². The molecule has 0 spiro atoms. The molecule has 0 aromatic heterocycles. The Bertz CT molecular complexity index is 571. The van der Waals surface area contributed by atoms with Crippen molar-refractivity contribution in [2.45, 2.75) is 44.6 Å². The van der Waals surface area contributed by atoms with Crippen molar-refractivity contribution < 1.29 is 4.74 Å². The van der Waals surface area contributed by atoms with Gasteiger partial charge in [0, 0.05) is 11.7 Å². The van der Waals surface area contributed by atoms with E-state index in [0.717, 1.165) is 12.4 Å². The van der Waals surface area contributed by atoms with Gasteiger partial charge in [-0.2, -0.15) is 0 Å². The monoisotopic (exact) mass is 355 g/mol. The topological polar surface area (TPSA) is 28.1 Å². The maximum Gasteiger partial charge on any atom is 0.200 e. The minimum absolute atomic E-state index is 0.524. The molecular weight excluding hydrogens is 333 g/mol. The number of hydrogen-bond donors (Lipinski definition) is 0. The average Bonchev–Trinajstić information content (AvgIpc) is 2.84. The van der Waals surface area contributed by atoms with E-state index in [1.54, 1.807) is 7.11 Å². The lowest BCUT2D eigenvalue weighted by Crippen LogP contribution is -2.49. The van der Waals surface area contributed by atoms with E-state index in [-0.39, 0.29) is 0 Å². The van der Waals surface area contributed by atoms with Crippen molar-refractivity contribution in [2.75, 3.05) is 25.3 Å². The number of nitrogens with zero attached hydrogens (tertiary/aromatic N) is 3. The first-order valence-electron chi connectivity index (χ1n) is 8.24. The highest BCUT2D eigenvalue weighted by Crippen LogP contribution is 2.31. The SMILES string of the molecule is COc1ccc(N2CN(C3CCCCCC3)CN=C2Cl)cc1Cl. The molecule has 1 saturated carbocycles. The van der Waals surface area contributed by atoms with Gasteiger partial charge >= 0.3 is 0 Å². The van der Waals surface area contributed by atoms with Crippen molar-refractivity contribution in [2.24, 2.45) is 4.99 Å². The smallest absolute Gasteiger partial charge is 0.200 e. The summed E-state index contributed by atoms with van der Waals surface area (Å²) in [6, 6.07) is 6.32.